The predicted molar refractivity (Wildman–Crippen MR) is 166 cm³/mol. The zero-order chi connectivity index (χ0) is 30.1. The molecule has 0 saturated heterocycles. The van der Waals surface area contributed by atoms with Gasteiger partial charge in [0.15, 0.2) is 6.10 Å². The van der Waals surface area contributed by atoms with Crippen LogP contribution in [0.2, 0.25) is 25.1 Å². The van der Waals surface area contributed by atoms with Crippen LogP contribution in [0.25, 0.3) is 0 Å². The molecule has 0 spiro atoms. The molecule has 41 heavy (non-hydrogen) atoms. The van der Waals surface area contributed by atoms with E-state index in [1.807, 2.05) is 13.8 Å². The molecule has 2 N–H and O–H groups in total. The number of amides is 2. The summed E-state index contributed by atoms with van der Waals surface area (Å²) in [5.41, 5.74) is 3.75. The van der Waals surface area contributed by atoms with E-state index in [4.69, 9.17) is 67.5 Å². The number of hydrogen-bond acceptors (Lipinski definition) is 5. The molecule has 3 aromatic carbocycles. The number of nitrogens with zero attached hydrogens (tertiary/aromatic N) is 1. The zero-order valence-corrected chi connectivity index (χ0v) is 26.2. The number of carbonyl (C=O) groups excluding carboxylic acids is 2. The van der Waals surface area contributed by atoms with E-state index in [9.17, 15) is 9.59 Å². The van der Waals surface area contributed by atoms with Crippen LogP contribution in [0.4, 0.5) is 0 Å². The fourth-order valence-electron chi connectivity index (χ4n) is 3.60. The van der Waals surface area contributed by atoms with E-state index in [0.29, 0.717) is 43.6 Å². The minimum atomic E-state index is -0.931. The summed E-state index contributed by atoms with van der Waals surface area (Å²) in [6.45, 7) is 5.60. The van der Waals surface area contributed by atoms with Gasteiger partial charge < -0.3 is 14.8 Å². The lowest BCUT2D eigenvalue weighted by Crippen LogP contribution is -2.49. The summed E-state index contributed by atoms with van der Waals surface area (Å²) in [7, 11) is 0. The van der Waals surface area contributed by atoms with Crippen molar-refractivity contribution in [3.8, 4) is 11.5 Å². The van der Waals surface area contributed by atoms with E-state index in [-0.39, 0.29) is 17.5 Å². The van der Waals surface area contributed by atoms with Crippen molar-refractivity contribution in [3.63, 3.8) is 0 Å². The van der Waals surface area contributed by atoms with Crippen LogP contribution in [0.1, 0.15) is 38.3 Å². The van der Waals surface area contributed by atoms with Crippen LogP contribution < -0.4 is 20.2 Å². The topological polar surface area (TPSA) is 89.0 Å². The first kappa shape index (κ1) is 32.8. The van der Waals surface area contributed by atoms with Gasteiger partial charge in [-0.05, 0) is 67.8 Å². The highest BCUT2D eigenvalue weighted by molar-refractivity contribution is 6.36. The van der Waals surface area contributed by atoms with Crippen molar-refractivity contribution in [2.75, 3.05) is 0 Å². The Morgan fingerprint density at radius 1 is 0.829 bits per heavy atom. The Labute approximate surface area is 264 Å². The molecule has 0 aliphatic heterocycles. The van der Waals surface area contributed by atoms with Crippen LogP contribution in [0, 0.1) is 5.92 Å². The molecule has 2 atom stereocenters. The maximum Gasteiger partial charge on any atom is 0.262 e. The maximum atomic E-state index is 13.0. The highest BCUT2D eigenvalue weighted by Crippen LogP contribution is 2.29. The Morgan fingerprint density at radius 2 is 1.44 bits per heavy atom. The molecule has 0 unspecified atom stereocenters. The van der Waals surface area contributed by atoms with Crippen LogP contribution in [0.15, 0.2) is 59.7 Å². The van der Waals surface area contributed by atoms with Crippen molar-refractivity contribution in [2.45, 2.75) is 45.9 Å². The molecule has 0 saturated carbocycles. The molecule has 0 aliphatic carbocycles. The summed E-state index contributed by atoms with van der Waals surface area (Å²) >= 11 is 30.5. The average Bonchev–Trinajstić information content (AvgIpc) is 2.89. The van der Waals surface area contributed by atoms with Crippen molar-refractivity contribution >= 4 is 76.0 Å². The lowest BCUT2D eigenvalue weighted by molar-refractivity contribution is -0.132. The monoisotopic (exact) mass is 657 g/mol. The minimum absolute atomic E-state index is 0.101. The standard InChI is InChI=1S/C29H28Cl5N3O4/c1-16(2)10-25(36-28(38)17(3)41-27-9-7-22(32)13-24(27)34)29(39)37-35-14-19-11-20(30)6-8-26(19)40-15-18-4-5-21(31)12-23(18)33/h4-9,11-14,16-17,25H,10,15H2,1-3H3,(H,36,38)(H,37,39)/b35-14-/t17-,25-/m1/s1. The third-order valence-electron chi connectivity index (χ3n) is 5.66. The first-order valence-corrected chi connectivity index (χ1v) is 14.4. The van der Waals surface area contributed by atoms with Crippen LogP contribution in [-0.2, 0) is 16.2 Å². The fraction of sp³-hybridized carbons (Fsp3) is 0.276. The van der Waals surface area contributed by atoms with Gasteiger partial charge in [0.05, 0.1) is 11.2 Å². The van der Waals surface area contributed by atoms with Crippen LogP contribution in [-0.4, -0.2) is 30.2 Å². The summed E-state index contributed by atoms with van der Waals surface area (Å²) in [4.78, 5) is 25.9. The van der Waals surface area contributed by atoms with Crippen LogP contribution >= 0.6 is 58.0 Å². The molecule has 12 heteroatoms. The second-order valence-corrected chi connectivity index (χ2v) is 11.6. The van der Waals surface area contributed by atoms with Crippen molar-refractivity contribution in [1.82, 2.24) is 10.7 Å². The SMILES string of the molecule is CC(C)C[C@@H](NC(=O)[C@@H](C)Oc1ccc(Cl)cc1Cl)C(=O)N/N=C\c1cc(Cl)ccc1OCc1ccc(Cl)cc1Cl. The molecule has 0 radical (unpaired) electrons. The number of nitrogens with one attached hydrogen (secondary N) is 2. The third kappa shape index (κ3) is 10.3. The molecular weight excluding hydrogens is 632 g/mol. The Bertz CT molecular complexity index is 1420. The zero-order valence-electron chi connectivity index (χ0n) is 22.4. The molecule has 0 fully saturated rings. The minimum Gasteiger partial charge on any atom is -0.488 e. The number of carbonyl (C=O) groups is 2. The predicted octanol–water partition coefficient (Wildman–Crippen LogP) is 7.98. The first-order valence-electron chi connectivity index (χ1n) is 12.5. The first-order chi connectivity index (χ1) is 19.4. The van der Waals surface area contributed by atoms with Gasteiger partial charge in [-0.25, -0.2) is 5.43 Å². The summed E-state index contributed by atoms with van der Waals surface area (Å²) in [5, 5.41) is 8.96. The van der Waals surface area contributed by atoms with Gasteiger partial charge in [0.1, 0.15) is 24.1 Å². The number of halogens is 5. The van der Waals surface area contributed by atoms with Crippen molar-refractivity contribution < 1.29 is 19.1 Å². The molecule has 0 aliphatic rings. The largest absolute Gasteiger partial charge is 0.488 e. The number of hydrazone groups is 1. The van der Waals surface area contributed by atoms with Gasteiger partial charge in [0, 0.05) is 31.2 Å². The smallest absolute Gasteiger partial charge is 0.262 e. The second kappa shape index (κ2) is 15.5. The van der Waals surface area contributed by atoms with Crippen molar-refractivity contribution in [2.24, 2.45) is 11.0 Å². The molecule has 3 aromatic rings. The molecule has 0 aromatic heterocycles. The van der Waals surface area contributed by atoms with Crippen LogP contribution in [0.5, 0.6) is 11.5 Å². The van der Waals surface area contributed by atoms with E-state index in [2.05, 4.69) is 15.8 Å². The van der Waals surface area contributed by atoms with Gasteiger partial charge in [0.25, 0.3) is 11.8 Å². The highest BCUT2D eigenvalue weighted by atomic mass is 35.5. The van der Waals surface area contributed by atoms with E-state index >= 15 is 0 Å². The lowest BCUT2D eigenvalue weighted by Gasteiger charge is -2.22. The van der Waals surface area contributed by atoms with E-state index in [1.54, 1.807) is 55.5 Å². The summed E-state index contributed by atoms with van der Waals surface area (Å²) in [5.74, 6) is -0.127. The molecular formula is C29H28Cl5N3O4. The van der Waals surface area contributed by atoms with Crippen molar-refractivity contribution in [1.29, 1.82) is 0 Å². The van der Waals surface area contributed by atoms with Crippen LogP contribution in [0.3, 0.4) is 0 Å². The fourth-order valence-corrected chi connectivity index (χ4v) is 4.69. The van der Waals surface area contributed by atoms with Gasteiger partial charge in [-0.3, -0.25) is 9.59 Å². The van der Waals surface area contributed by atoms with Gasteiger partial charge in [-0.1, -0.05) is 77.9 Å². The summed E-state index contributed by atoms with van der Waals surface area (Å²) in [6.07, 6.45) is 0.847. The summed E-state index contributed by atoms with van der Waals surface area (Å²) in [6, 6.07) is 13.9. The number of hydrogen-bond donors (Lipinski definition) is 2. The van der Waals surface area contributed by atoms with Gasteiger partial charge >= 0.3 is 0 Å². The Kier molecular flexibility index (Phi) is 12.4. The van der Waals surface area contributed by atoms with Crippen molar-refractivity contribution in [3.05, 3.63) is 90.8 Å². The Morgan fingerprint density at radius 3 is 2.07 bits per heavy atom. The highest BCUT2D eigenvalue weighted by Gasteiger charge is 2.25. The van der Waals surface area contributed by atoms with Gasteiger partial charge in [-0.2, -0.15) is 5.10 Å². The molecule has 3 rings (SSSR count). The van der Waals surface area contributed by atoms with E-state index in [0.717, 1.165) is 5.56 Å². The molecule has 0 bridgehead atoms. The normalized spacial score (nSPS) is 12.7. The average molecular weight is 660 g/mol. The van der Waals surface area contributed by atoms with E-state index < -0.39 is 24.0 Å². The molecule has 7 nitrogen and oxygen atoms in total. The quantitative estimate of drug-likeness (QED) is 0.152. The number of rotatable bonds is 12. The van der Waals surface area contributed by atoms with E-state index in [1.165, 1.54) is 12.3 Å². The Balaban J connectivity index is 1.65. The third-order valence-corrected chi connectivity index (χ3v) is 7.01. The second-order valence-electron chi connectivity index (χ2n) is 9.47. The Hall–Kier alpha value is -2.68. The van der Waals surface area contributed by atoms with Gasteiger partial charge in [-0.15, -0.1) is 0 Å². The van der Waals surface area contributed by atoms with Gasteiger partial charge in [0.2, 0.25) is 0 Å². The number of benzene rings is 3. The maximum absolute atomic E-state index is 13.0. The lowest BCUT2D eigenvalue weighted by atomic mass is 10.0. The molecule has 218 valence electrons. The molecule has 2 amide bonds. The number of ether oxygens (including phenoxy) is 2. The molecule has 0 heterocycles. The summed E-state index contributed by atoms with van der Waals surface area (Å²) < 4.78 is 11.6.